The Morgan fingerprint density at radius 1 is 1.17 bits per heavy atom. The third-order valence-corrected chi connectivity index (χ3v) is 4.93. The standard InChI is InChI=1S/C17H33N5O/c1-4-18-17(19-13-16(23)21(2)3)20-14-9-11-22(12-10-14)15-7-5-6-8-15/h14-15H,4-13H2,1-3H3,(H2,18,19,20). The highest BCUT2D eigenvalue weighted by molar-refractivity contribution is 5.84. The van der Waals surface area contributed by atoms with E-state index in [-0.39, 0.29) is 12.5 Å². The van der Waals surface area contributed by atoms with Crippen molar-refractivity contribution in [2.45, 2.75) is 57.5 Å². The molecule has 132 valence electrons. The highest BCUT2D eigenvalue weighted by Crippen LogP contribution is 2.26. The van der Waals surface area contributed by atoms with E-state index in [1.54, 1.807) is 19.0 Å². The van der Waals surface area contributed by atoms with Gasteiger partial charge in [0, 0.05) is 45.8 Å². The Labute approximate surface area is 140 Å². The zero-order valence-corrected chi connectivity index (χ0v) is 15.0. The molecule has 2 fully saturated rings. The van der Waals surface area contributed by atoms with E-state index in [4.69, 9.17) is 0 Å². The molecule has 0 unspecified atom stereocenters. The molecule has 2 aliphatic rings. The fraction of sp³-hybridized carbons (Fsp3) is 0.882. The van der Waals surface area contributed by atoms with Crippen LogP contribution in [-0.2, 0) is 4.79 Å². The molecule has 1 saturated carbocycles. The predicted molar refractivity (Wildman–Crippen MR) is 94.7 cm³/mol. The summed E-state index contributed by atoms with van der Waals surface area (Å²) in [6.45, 7) is 5.41. The van der Waals surface area contributed by atoms with E-state index >= 15 is 0 Å². The molecule has 1 heterocycles. The van der Waals surface area contributed by atoms with Gasteiger partial charge in [-0.2, -0.15) is 0 Å². The number of carbonyl (C=O) groups is 1. The van der Waals surface area contributed by atoms with Gasteiger partial charge < -0.3 is 20.4 Å². The Balaban J connectivity index is 1.79. The Kier molecular flexibility index (Phi) is 7.15. The first-order chi connectivity index (χ1) is 11.1. The minimum Gasteiger partial charge on any atom is -0.357 e. The molecule has 6 nitrogen and oxygen atoms in total. The van der Waals surface area contributed by atoms with Crippen LogP contribution in [0.15, 0.2) is 4.99 Å². The van der Waals surface area contributed by atoms with Crippen molar-refractivity contribution in [3.63, 3.8) is 0 Å². The predicted octanol–water partition coefficient (Wildman–Crippen LogP) is 1.04. The largest absolute Gasteiger partial charge is 0.357 e. The quantitative estimate of drug-likeness (QED) is 0.586. The molecule has 6 heteroatoms. The summed E-state index contributed by atoms with van der Waals surface area (Å²) < 4.78 is 0. The number of rotatable bonds is 5. The molecule has 2 N–H and O–H groups in total. The van der Waals surface area contributed by atoms with Gasteiger partial charge in [0.2, 0.25) is 5.91 Å². The van der Waals surface area contributed by atoms with Crippen molar-refractivity contribution < 1.29 is 4.79 Å². The maximum absolute atomic E-state index is 11.7. The third-order valence-electron chi connectivity index (χ3n) is 4.93. The molecule has 1 amide bonds. The lowest BCUT2D eigenvalue weighted by molar-refractivity contribution is -0.127. The topological polar surface area (TPSA) is 60.0 Å². The molecule has 0 aromatic carbocycles. The SMILES string of the molecule is CCNC(=NCC(=O)N(C)C)NC1CCN(C2CCCC2)CC1. The average Bonchev–Trinajstić information content (AvgIpc) is 3.07. The second-order valence-electron chi connectivity index (χ2n) is 6.88. The normalized spacial score (nSPS) is 21.4. The number of amides is 1. The number of nitrogens with one attached hydrogen (secondary N) is 2. The Bertz CT molecular complexity index is 396. The highest BCUT2D eigenvalue weighted by Gasteiger charge is 2.27. The number of aliphatic imine (C=N–C) groups is 1. The van der Waals surface area contributed by atoms with E-state index in [9.17, 15) is 4.79 Å². The lowest BCUT2D eigenvalue weighted by atomic mass is 10.0. The second-order valence-corrected chi connectivity index (χ2v) is 6.88. The molecule has 23 heavy (non-hydrogen) atoms. The molecule has 2 rings (SSSR count). The van der Waals surface area contributed by atoms with Crippen molar-refractivity contribution in [3.05, 3.63) is 0 Å². The molecule has 1 aliphatic heterocycles. The maximum atomic E-state index is 11.7. The molecule has 0 atom stereocenters. The number of piperidine rings is 1. The van der Waals surface area contributed by atoms with Crippen molar-refractivity contribution in [1.29, 1.82) is 0 Å². The van der Waals surface area contributed by atoms with Crippen LogP contribution >= 0.6 is 0 Å². The first-order valence-corrected chi connectivity index (χ1v) is 9.09. The van der Waals surface area contributed by atoms with E-state index < -0.39 is 0 Å². The monoisotopic (exact) mass is 323 g/mol. The molecular weight excluding hydrogens is 290 g/mol. The van der Waals surface area contributed by atoms with Crippen molar-refractivity contribution in [1.82, 2.24) is 20.4 Å². The fourth-order valence-electron chi connectivity index (χ4n) is 3.48. The summed E-state index contributed by atoms with van der Waals surface area (Å²) in [5, 5.41) is 6.75. The van der Waals surface area contributed by atoms with Gasteiger partial charge in [0.25, 0.3) is 0 Å². The van der Waals surface area contributed by atoms with Gasteiger partial charge in [-0.3, -0.25) is 4.79 Å². The summed E-state index contributed by atoms with van der Waals surface area (Å²) in [4.78, 5) is 20.4. The van der Waals surface area contributed by atoms with Gasteiger partial charge in [-0.05, 0) is 32.6 Å². The van der Waals surface area contributed by atoms with Crippen molar-refractivity contribution in [3.8, 4) is 0 Å². The number of likely N-dealkylation sites (N-methyl/N-ethyl adjacent to an activating group) is 1. The number of likely N-dealkylation sites (tertiary alicyclic amines) is 1. The van der Waals surface area contributed by atoms with Crippen LogP contribution in [0.25, 0.3) is 0 Å². The van der Waals surface area contributed by atoms with Crippen molar-refractivity contribution >= 4 is 11.9 Å². The molecule has 0 radical (unpaired) electrons. The van der Waals surface area contributed by atoms with E-state index in [1.165, 1.54) is 38.8 Å². The molecule has 0 aromatic heterocycles. The number of guanidine groups is 1. The maximum Gasteiger partial charge on any atom is 0.243 e. The van der Waals surface area contributed by atoms with Crippen LogP contribution in [0.5, 0.6) is 0 Å². The molecule has 1 aliphatic carbocycles. The van der Waals surface area contributed by atoms with Gasteiger partial charge in [-0.15, -0.1) is 0 Å². The first kappa shape index (κ1) is 18.0. The number of hydrogen-bond donors (Lipinski definition) is 2. The number of hydrogen-bond acceptors (Lipinski definition) is 3. The van der Waals surface area contributed by atoms with Crippen LogP contribution in [0.2, 0.25) is 0 Å². The molecule has 0 aromatic rings. The first-order valence-electron chi connectivity index (χ1n) is 9.09. The van der Waals surface area contributed by atoms with Gasteiger partial charge in [0.05, 0.1) is 0 Å². The number of nitrogens with zero attached hydrogens (tertiary/aromatic N) is 3. The average molecular weight is 323 g/mol. The van der Waals surface area contributed by atoms with E-state index in [2.05, 4.69) is 20.5 Å². The lowest BCUT2D eigenvalue weighted by Crippen LogP contribution is -2.50. The zero-order valence-electron chi connectivity index (χ0n) is 15.0. The summed E-state index contributed by atoms with van der Waals surface area (Å²) in [5.74, 6) is 0.792. The Morgan fingerprint density at radius 3 is 2.39 bits per heavy atom. The lowest BCUT2D eigenvalue weighted by Gasteiger charge is -2.36. The van der Waals surface area contributed by atoms with Gasteiger partial charge in [-0.1, -0.05) is 12.8 Å². The van der Waals surface area contributed by atoms with E-state index in [0.717, 1.165) is 31.4 Å². The summed E-state index contributed by atoms with van der Waals surface area (Å²) in [6.07, 6.45) is 7.88. The van der Waals surface area contributed by atoms with Crippen molar-refractivity contribution in [2.75, 3.05) is 40.3 Å². The summed E-state index contributed by atoms with van der Waals surface area (Å²) in [6, 6.07) is 1.29. The number of carbonyl (C=O) groups excluding carboxylic acids is 1. The fourth-order valence-corrected chi connectivity index (χ4v) is 3.48. The van der Waals surface area contributed by atoms with Gasteiger partial charge in [0.1, 0.15) is 6.54 Å². The molecule has 0 bridgehead atoms. The zero-order chi connectivity index (χ0) is 16.7. The van der Waals surface area contributed by atoms with E-state index in [0.29, 0.717) is 6.04 Å². The van der Waals surface area contributed by atoms with Gasteiger partial charge in [-0.25, -0.2) is 4.99 Å². The summed E-state index contributed by atoms with van der Waals surface area (Å²) in [7, 11) is 3.52. The Morgan fingerprint density at radius 2 is 1.83 bits per heavy atom. The van der Waals surface area contributed by atoms with Crippen LogP contribution in [0.1, 0.15) is 45.4 Å². The highest BCUT2D eigenvalue weighted by atomic mass is 16.2. The molecule has 0 spiro atoms. The van der Waals surface area contributed by atoms with Gasteiger partial charge in [0.15, 0.2) is 5.96 Å². The molecule has 1 saturated heterocycles. The Hall–Kier alpha value is -1.30. The van der Waals surface area contributed by atoms with Crippen LogP contribution in [0.3, 0.4) is 0 Å². The second kappa shape index (κ2) is 9.11. The van der Waals surface area contributed by atoms with E-state index in [1.807, 2.05) is 6.92 Å². The van der Waals surface area contributed by atoms with Crippen LogP contribution < -0.4 is 10.6 Å². The minimum absolute atomic E-state index is 0.0262. The van der Waals surface area contributed by atoms with Crippen LogP contribution in [0.4, 0.5) is 0 Å². The summed E-state index contributed by atoms with van der Waals surface area (Å²) >= 11 is 0. The smallest absolute Gasteiger partial charge is 0.243 e. The third kappa shape index (κ3) is 5.68. The van der Waals surface area contributed by atoms with Crippen LogP contribution in [0, 0.1) is 0 Å². The summed E-state index contributed by atoms with van der Waals surface area (Å²) in [5.41, 5.74) is 0. The van der Waals surface area contributed by atoms with Crippen LogP contribution in [-0.4, -0.2) is 74.0 Å². The van der Waals surface area contributed by atoms with Crippen molar-refractivity contribution in [2.24, 2.45) is 4.99 Å². The minimum atomic E-state index is 0.0262. The van der Waals surface area contributed by atoms with Gasteiger partial charge >= 0.3 is 0 Å². The molecular formula is C17H33N5O.